The zero-order valence-corrected chi connectivity index (χ0v) is 12.1. The molecular weight excluding hydrogens is 200 g/mol. The third kappa shape index (κ3) is 10.2. The fourth-order valence-electron chi connectivity index (χ4n) is 1.62. The van der Waals surface area contributed by atoms with Gasteiger partial charge >= 0.3 is 0 Å². The van der Waals surface area contributed by atoms with Gasteiger partial charge < -0.3 is 5.11 Å². The van der Waals surface area contributed by atoms with Gasteiger partial charge in [0.05, 0.1) is 0 Å². The topological polar surface area (TPSA) is 20.2 Å². The molecule has 0 spiro atoms. The Morgan fingerprint density at radius 3 is 2.13 bits per heavy atom. The quantitative estimate of drug-likeness (QED) is 0.517. The lowest BCUT2D eigenvalue weighted by Crippen LogP contribution is -2.17. The van der Waals surface area contributed by atoms with E-state index >= 15 is 0 Å². The van der Waals surface area contributed by atoms with E-state index in [0.717, 1.165) is 12.8 Å². The van der Waals surface area contributed by atoms with Crippen molar-refractivity contribution in [1.82, 2.24) is 0 Å². The molecule has 0 aliphatic carbocycles. The van der Waals surface area contributed by atoms with Crippen LogP contribution >= 0.6 is 0 Å². The predicted octanol–water partition coefficient (Wildman–Crippen LogP) is 3.93. The highest BCUT2D eigenvalue weighted by Gasteiger charge is 2.10. The Labute approximate surface area is 96.6 Å². The Morgan fingerprint density at radius 2 is 1.67 bits per heavy atom. The largest absolute Gasteiger partial charge is 0.396 e. The molecule has 0 amide bonds. The minimum absolute atomic E-state index is 0.322. The molecule has 0 fully saturated rings. The highest BCUT2D eigenvalue weighted by Crippen LogP contribution is 2.16. The minimum atomic E-state index is -0.895. The molecule has 2 heteroatoms. The van der Waals surface area contributed by atoms with Crippen molar-refractivity contribution in [3.05, 3.63) is 12.2 Å². The molecular formula is C13H28OSi. The summed E-state index contributed by atoms with van der Waals surface area (Å²) >= 11 is 0. The van der Waals surface area contributed by atoms with E-state index in [2.05, 4.69) is 45.6 Å². The van der Waals surface area contributed by atoms with Crippen LogP contribution in [-0.4, -0.2) is 19.8 Å². The standard InChI is InChI=1S/C13H28OSi/c1-12(10-13(2)11-14)8-6-7-9-15(3,4)5/h6-7,12-14H,8-11H2,1-5H3/b7-6-/t12-,13-/m1/s1. The molecule has 0 aromatic carbocycles. The molecule has 15 heavy (non-hydrogen) atoms. The second-order valence-corrected chi connectivity index (χ2v) is 11.6. The summed E-state index contributed by atoms with van der Waals surface area (Å²) < 4.78 is 0. The summed E-state index contributed by atoms with van der Waals surface area (Å²) in [6.45, 7) is 11.9. The number of rotatable bonds is 7. The number of hydrogen-bond donors (Lipinski definition) is 1. The maximum absolute atomic E-state index is 8.95. The van der Waals surface area contributed by atoms with Gasteiger partial charge in [0.25, 0.3) is 0 Å². The summed E-state index contributed by atoms with van der Waals surface area (Å²) in [6, 6.07) is 1.29. The molecule has 2 atom stereocenters. The van der Waals surface area contributed by atoms with Gasteiger partial charge in [0.1, 0.15) is 0 Å². The van der Waals surface area contributed by atoms with Crippen molar-refractivity contribution in [1.29, 1.82) is 0 Å². The molecule has 0 saturated heterocycles. The Balaban J connectivity index is 3.66. The van der Waals surface area contributed by atoms with E-state index in [1.807, 2.05) is 0 Å². The smallest absolute Gasteiger partial charge is 0.0480 e. The van der Waals surface area contributed by atoms with Crippen LogP contribution in [0.4, 0.5) is 0 Å². The molecule has 0 aliphatic heterocycles. The first-order valence-corrected chi connectivity index (χ1v) is 9.81. The van der Waals surface area contributed by atoms with Crippen LogP contribution in [-0.2, 0) is 0 Å². The van der Waals surface area contributed by atoms with Crippen molar-refractivity contribution in [2.45, 2.75) is 52.4 Å². The van der Waals surface area contributed by atoms with Gasteiger partial charge in [-0.25, -0.2) is 0 Å². The van der Waals surface area contributed by atoms with Crippen molar-refractivity contribution in [3.8, 4) is 0 Å². The number of aliphatic hydroxyl groups excluding tert-OH is 1. The van der Waals surface area contributed by atoms with Crippen LogP contribution in [0.25, 0.3) is 0 Å². The summed E-state index contributed by atoms with van der Waals surface area (Å²) in [6.07, 6.45) is 6.97. The van der Waals surface area contributed by atoms with Gasteiger partial charge in [-0.15, -0.1) is 0 Å². The summed E-state index contributed by atoms with van der Waals surface area (Å²) in [7, 11) is -0.895. The summed E-state index contributed by atoms with van der Waals surface area (Å²) in [5.41, 5.74) is 0. The van der Waals surface area contributed by atoms with Crippen LogP contribution in [0.1, 0.15) is 26.7 Å². The van der Waals surface area contributed by atoms with E-state index in [1.165, 1.54) is 6.04 Å². The molecule has 1 nitrogen and oxygen atoms in total. The molecule has 0 bridgehead atoms. The highest BCUT2D eigenvalue weighted by molar-refractivity contribution is 6.76. The first-order valence-electron chi connectivity index (χ1n) is 6.11. The highest BCUT2D eigenvalue weighted by atomic mass is 28.3. The average molecular weight is 228 g/mol. The number of aliphatic hydroxyl groups is 1. The van der Waals surface area contributed by atoms with Crippen molar-refractivity contribution < 1.29 is 5.11 Å². The molecule has 0 aromatic heterocycles. The normalized spacial score (nSPS) is 16.9. The van der Waals surface area contributed by atoms with E-state index in [-0.39, 0.29) is 0 Å². The molecule has 0 heterocycles. The van der Waals surface area contributed by atoms with E-state index in [9.17, 15) is 0 Å². The zero-order chi connectivity index (χ0) is 11.9. The molecule has 0 rings (SSSR count). The van der Waals surface area contributed by atoms with Crippen molar-refractivity contribution in [3.63, 3.8) is 0 Å². The molecule has 0 aromatic rings. The molecule has 0 unspecified atom stereocenters. The van der Waals surface area contributed by atoms with Crippen molar-refractivity contribution >= 4 is 8.07 Å². The first-order chi connectivity index (χ1) is 6.85. The number of allylic oxidation sites excluding steroid dienone is 2. The van der Waals surface area contributed by atoms with Gasteiger partial charge in [-0.1, -0.05) is 45.6 Å². The van der Waals surface area contributed by atoms with Gasteiger partial charge in [-0.2, -0.15) is 0 Å². The van der Waals surface area contributed by atoms with Crippen LogP contribution in [0.15, 0.2) is 12.2 Å². The van der Waals surface area contributed by atoms with Gasteiger partial charge in [-0.3, -0.25) is 0 Å². The Morgan fingerprint density at radius 1 is 1.07 bits per heavy atom. The maximum Gasteiger partial charge on any atom is 0.0480 e. The second kappa shape index (κ2) is 7.23. The fourth-order valence-corrected chi connectivity index (χ4v) is 2.50. The summed E-state index contributed by atoms with van der Waals surface area (Å²) in [4.78, 5) is 0. The van der Waals surface area contributed by atoms with Crippen LogP contribution < -0.4 is 0 Å². The monoisotopic (exact) mass is 228 g/mol. The van der Waals surface area contributed by atoms with E-state index in [4.69, 9.17) is 5.11 Å². The fraction of sp³-hybridized carbons (Fsp3) is 0.846. The van der Waals surface area contributed by atoms with Gasteiger partial charge in [0, 0.05) is 14.7 Å². The van der Waals surface area contributed by atoms with E-state index in [0.29, 0.717) is 18.4 Å². The molecule has 1 N–H and O–H groups in total. The van der Waals surface area contributed by atoms with Crippen LogP contribution in [0.3, 0.4) is 0 Å². The van der Waals surface area contributed by atoms with E-state index < -0.39 is 8.07 Å². The summed E-state index contributed by atoms with van der Waals surface area (Å²) in [5.74, 6) is 1.15. The average Bonchev–Trinajstić information content (AvgIpc) is 2.11. The van der Waals surface area contributed by atoms with Crippen molar-refractivity contribution in [2.24, 2.45) is 11.8 Å². The molecule has 0 aliphatic rings. The third-order valence-corrected chi connectivity index (χ3v) is 4.01. The Kier molecular flexibility index (Phi) is 7.19. The number of hydrogen-bond acceptors (Lipinski definition) is 1. The molecule has 0 saturated carbocycles. The lowest BCUT2D eigenvalue weighted by atomic mass is 9.95. The lowest BCUT2D eigenvalue weighted by Gasteiger charge is -2.14. The van der Waals surface area contributed by atoms with Gasteiger partial charge in [0.15, 0.2) is 0 Å². The molecule has 90 valence electrons. The second-order valence-electron chi connectivity index (χ2n) is 6.10. The lowest BCUT2D eigenvalue weighted by molar-refractivity contribution is 0.215. The maximum atomic E-state index is 8.95. The minimum Gasteiger partial charge on any atom is -0.396 e. The summed E-state index contributed by atoms with van der Waals surface area (Å²) in [5, 5.41) is 8.95. The Hall–Kier alpha value is -0.0831. The van der Waals surface area contributed by atoms with Gasteiger partial charge in [-0.05, 0) is 30.7 Å². The predicted molar refractivity (Wildman–Crippen MR) is 71.9 cm³/mol. The van der Waals surface area contributed by atoms with Gasteiger partial charge in [0.2, 0.25) is 0 Å². The third-order valence-electron chi connectivity index (χ3n) is 2.55. The van der Waals surface area contributed by atoms with Crippen LogP contribution in [0.2, 0.25) is 25.7 Å². The molecule has 0 radical (unpaired) electrons. The van der Waals surface area contributed by atoms with E-state index in [1.54, 1.807) is 0 Å². The first kappa shape index (κ1) is 14.9. The Bertz CT molecular complexity index is 181. The van der Waals surface area contributed by atoms with Crippen molar-refractivity contribution in [2.75, 3.05) is 6.61 Å². The van der Waals surface area contributed by atoms with Crippen LogP contribution in [0.5, 0.6) is 0 Å². The zero-order valence-electron chi connectivity index (χ0n) is 11.1. The SMILES string of the molecule is C[C@H](C/C=C\C[Si](C)(C)C)C[C@@H](C)CO. The van der Waals surface area contributed by atoms with Crippen LogP contribution in [0, 0.1) is 11.8 Å².